The number of aliphatic hydroxyl groups is 6. The lowest BCUT2D eigenvalue weighted by Crippen LogP contribution is -2.71. The van der Waals surface area contributed by atoms with Crippen LogP contribution in [0, 0.1) is 111 Å². The number of aromatic hydroxyl groups is 1. The lowest BCUT2D eigenvalue weighted by atomic mass is 9.37. The number of allylic oxidation sites excluding steroid dienone is 3. The monoisotopic (exact) mass is 1220 g/mol. The molecule has 468 valence electrons. The van der Waals surface area contributed by atoms with E-state index < -0.39 is 87.7 Å². The fourth-order valence-electron chi connectivity index (χ4n) is 20.8. The van der Waals surface area contributed by atoms with Gasteiger partial charge in [0.15, 0.2) is 17.5 Å². The topological polar surface area (TPSA) is 294 Å². The second-order valence-electron chi connectivity index (χ2n) is 29.0. The smallest absolute Gasteiger partial charge is 0.313 e. The van der Waals surface area contributed by atoms with E-state index in [1.807, 2.05) is 30.6 Å². The fraction of sp³-hybridized carbons (Fsp3) is 0.706. The molecule has 7 fully saturated rings. The lowest BCUT2D eigenvalue weighted by Gasteiger charge is -2.68. The lowest BCUT2D eigenvalue weighted by molar-refractivity contribution is -0.230. The number of aromatic amines is 1. The number of aromatic nitrogens is 1. The van der Waals surface area contributed by atoms with Crippen molar-refractivity contribution in [1.29, 1.82) is 0 Å². The molecule has 10 aliphatic rings. The van der Waals surface area contributed by atoms with E-state index >= 15 is 9.90 Å². The van der Waals surface area contributed by atoms with Crippen LogP contribution in [0.5, 0.6) is 5.75 Å². The van der Waals surface area contributed by atoms with Gasteiger partial charge >= 0.3 is 5.97 Å². The Labute approximate surface area is 514 Å². The molecule has 24 atom stereocenters. The van der Waals surface area contributed by atoms with E-state index in [1.54, 1.807) is 29.9 Å². The average molecular weight is 1220 g/mol. The summed E-state index contributed by atoms with van der Waals surface area (Å²) in [5.41, 5.74) is 10.1. The Balaban J connectivity index is 1.07. The Morgan fingerprint density at radius 1 is 0.872 bits per heavy atom. The number of nitrogens with two attached hydrogens (primary N) is 2. The van der Waals surface area contributed by atoms with E-state index in [2.05, 4.69) is 49.0 Å². The number of carbonyl (C=O) groups is 3. The van der Waals surface area contributed by atoms with E-state index in [9.17, 15) is 40.2 Å². The number of Topliss-reactive ketones (excluding diaryl/α,β-unsaturated/α-hetero) is 2. The molecule has 1 spiro atoms. The third kappa shape index (κ3) is 10.5. The number of ether oxygens (including phenoxy) is 1. The molecule has 0 radical (unpaired) electrons. The van der Waals surface area contributed by atoms with Crippen LogP contribution in [0.3, 0.4) is 0 Å². The van der Waals surface area contributed by atoms with Gasteiger partial charge in [0.25, 0.3) is 0 Å². The first-order valence-corrected chi connectivity index (χ1v) is 34.8. The molecule has 0 unspecified atom stereocenters. The third-order valence-corrected chi connectivity index (χ3v) is 27.0. The van der Waals surface area contributed by atoms with Crippen LogP contribution in [0.15, 0.2) is 70.6 Å². The maximum atomic E-state index is 16.4. The quantitative estimate of drug-likeness (QED) is 0.0313. The Morgan fingerprint density at radius 3 is 2.40 bits per heavy atom. The summed E-state index contributed by atoms with van der Waals surface area (Å²) in [6.07, 6.45) is 9.82. The zero-order valence-corrected chi connectivity index (χ0v) is 52.1. The van der Waals surface area contributed by atoms with Gasteiger partial charge in [0, 0.05) is 90.3 Å². The van der Waals surface area contributed by atoms with E-state index in [0.29, 0.717) is 67.4 Å². The van der Waals surface area contributed by atoms with Gasteiger partial charge in [-0.2, -0.15) is 0 Å². The van der Waals surface area contributed by atoms with Crippen molar-refractivity contribution in [3.8, 4) is 17.6 Å². The molecule has 86 heavy (non-hydrogen) atoms. The van der Waals surface area contributed by atoms with Crippen molar-refractivity contribution in [3.63, 3.8) is 0 Å². The first-order valence-electron chi connectivity index (χ1n) is 32.3. The van der Waals surface area contributed by atoms with Crippen LogP contribution in [0.4, 0.5) is 0 Å². The number of phenols is 1. The van der Waals surface area contributed by atoms with Crippen LogP contribution in [0.25, 0.3) is 0 Å². The molecule has 8 aliphatic carbocycles. The minimum atomic E-state index is -1.95. The zero-order valence-electron chi connectivity index (χ0n) is 50.5. The largest absolute Gasteiger partial charge is 0.508 e. The van der Waals surface area contributed by atoms with Crippen LogP contribution in [-0.2, 0) is 19.1 Å². The van der Waals surface area contributed by atoms with Crippen molar-refractivity contribution in [1.82, 2.24) is 10.3 Å². The molecule has 5 saturated carbocycles. The molecule has 12 rings (SSSR count). The molecule has 2 aliphatic heterocycles. The van der Waals surface area contributed by atoms with Crippen LogP contribution < -0.4 is 16.8 Å². The standard InChI is InChI=1S/C68H93N5O11S2/c1-35-7-8-39-14-18-47-36(2)23-54(78)66(4,82)62-50(38(6-5-21-74)9-10-40(25-49(47)48(39)22-35)51-32-84-63(81)55(51)42-19-20-71-29-42)27-68(83)58-56(41-11-15-44(30-73-64(69)70)67(62,68)26-41)65(3)28-53(77)60(79)52-34-86-85-33-43(37-12-16-45(75)17-13-37)24-46(76)31-72-59(58)61(80)57(52)65/h12-14,16-17,19-20,29,35-36,38,40-41,43-44,47-57,60,62,71-72,74-75,77-79,82-83H,5-8,11,15,18,21-28,30-34H2,1-4H3,(H4,69,70,73)/t35-,36-,38-,40-,41+,43+,44-,47+,48+,49-,50-,51+,52-,53+,54-,55+,56+,57+,60-,62-,65-,66+,67+,68-/m1/s1. The molecule has 1 aromatic carbocycles. The molecular weight excluding hydrogens is 1130 g/mol. The number of phenolic OH excluding ortho intramolecular Hbond substituents is 1. The molecule has 13 N–H and O–H groups in total. The Kier molecular flexibility index (Phi) is 17.4. The molecule has 2 saturated heterocycles. The summed E-state index contributed by atoms with van der Waals surface area (Å²) in [5.74, 6) is 2.48. The molecule has 2 aromatic rings. The van der Waals surface area contributed by atoms with Gasteiger partial charge in [0.1, 0.15) is 5.75 Å². The molecule has 3 heterocycles. The van der Waals surface area contributed by atoms with Crippen LogP contribution in [-0.4, -0.2) is 132 Å². The highest BCUT2D eigenvalue weighted by atomic mass is 33.1. The van der Waals surface area contributed by atoms with Gasteiger partial charge in [-0.1, -0.05) is 78.0 Å². The molecule has 0 amide bonds. The number of hydrogen-bond acceptors (Lipinski definition) is 15. The summed E-state index contributed by atoms with van der Waals surface area (Å²) in [4.78, 5) is 53.0. The van der Waals surface area contributed by atoms with E-state index in [1.165, 1.54) is 16.4 Å². The molecular formula is C68H93N5O11S2. The second-order valence-corrected chi connectivity index (χ2v) is 31.6. The number of aliphatic hydroxyl groups excluding tert-OH is 4. The highest BCUT2D eigenvalue weighted by Gasteiger charge is 2.79. The average Bonchev–Trinajstić information content (AvgIpc) is 1.32. The van der Waals surface area contributed by atoms with E-state index in [0.717, 1.165) is 36.8 Å². The van der Waals surface area contributed by atoms with Gasteiger partial charge in [-0.25, -0.2) is 0 Å². The van der Waals surface area contributed by atoms with Crippen molar-refractivity contribution in [3.05, 3.63) is 76.8 Å². The number of benzene rings is 1. The van der Waals surface area contributed by atoms with Gasteiger partial charge in [0.05, 0.1) is 54.3 Å². The number of aliphatic imine (C=N–C) groups is 1. The summed E-state index contributed by atoms with van der Waals surface area (Å²) >= 11 is 0. The Morgan fingerprint density at radius 2 is 1.65 bits per heavy atom. The summed E-state index contributed by atoms with van der Waals surface area (Å²) in [6, 6.07) is 8.80. The van der Waals surface area contributed by atoms with Gasteiger partial charge in [-0.3, -0.25) is 19.4 Å². The van der Waals surface area contributed by atoms with Crippen molar-refractivity contribution in [2.75, 3.05) is 37.8 Å². The molecule has 1 aromatic heterocycles. The van der Waals surface area contributed by atoms with E-state index in [-0.39, 0.29) is 128 Å². The number of nitrogens with one attached hydrogen (secondary N) is 2. The maximum Gasteiger partial charge on any atom is 0.313 e. The highest BCUT2D eigenvalue weighted by Crippen LogP contribution is 2.78. The maximum absolute atomic E-state index is 16.4. The molecule has 18 heteroatoms. The first-order chi connectivity index (χ1) is 41.1. The second kappa shape index (κ2) is 24.1. The third-order valence-electron chi connectivity index (χ3n) is 24.4. The van der Waals surface area contributed by atoms with Gasteiger partial charge < -0.3 is 62.3 Å². The summed E-state index contributed by atoms with van der Waals surface area (Å²) in [7, 11) is 3.08. The van der Waals surface area contributed by atoms with Gasteiger partial charge in [-0.05, 0) is 184 Å². The fourth-order valence-corrected chi connectivity index (χ4v) is 23.5. The number of esters is 1. The van der Waals surface area contributed by atoms with Crippen molar-refractivity contribution in [2.24, 2.45) is 116 Å². The number of rotatable bonds is 8. The molecule has 16 nitrogen and oxygen atoms in total. The number of fused-ring (bicyclic) bond motifs is 10. The number of cyclic esters (lactones) is 1. The number of carbonyl (C=O) groups excluding carboxylic acids is 3. The number of H-pyrrole nitrogens is 1. The summed E-state index contributed by atoms with van der Waals surface area (Å²) in [5, 5.41) is 91.9. The predicted molar refractivity (Wildman–Crippen MR) is 331 cm³/mol. The zero-order chi connectivity index (χ0) is 60.8. The Bertz CT molecular complexity index is 3030. The minimum Gasteiger partial charge on any atom is -0.508 e. The highest BCUT2D eigenvalue weighted by molar-refractivity contribution is 8.76. The SMILES string of the molecule is C[C@@H]1CCC2=CC[C@@H]3[C@@H](C[C@H]([C@@H]4COC(=O)[C@H]4c4cc[nH]c4)C#C[C@@H](CCCO)[C@H]4C[C@@]5(O)C6=C7NCC(=O)C[C@H](c8ccc(O)cc8)CSSC[C@H]8[C@@H](O)[C@@H](O)C[C@](C)([C@H]6[C@H]6CC[C@H](CN=C(N)N)[C@@]5(C6)[C@H]4[C@@](C)(O)[C@H](O)C[C@H]3C)[C@@H]8C7=O)[C@H]2C1. The number of hydrogen-bond donors (Lipinski definition) is 11. The van der Waals surface area contributed by atoms with Crippen LogP contribution >= 0.6 is 21.6 Å². The van der Waals surface area contributed by atoms with Gasteiger partial charge in [0.2, 0.25) is 0 Å². The van der Waals surface area contributed by atoms with Crippen molar-refractivity contribution in [2.45, 2.75) is 159 Å². The van der Waals surface area contributed by atoms with Gasteiger partial charge in [-0.15, -0.1) is 0 Å². The minimum absolute atomic E-state index is 0.00488. The number of ketones is 2. The summed E-state index contributed by atoms with van der Waals surface area (Å²) in [6.45, 7) is 8.26. The first kappa shape index (κ1) is 61.9. The van der Waals surface area contributed by atoms with Crippen molar-refractivity contribution < 1.29 is 54.9 Å². The van der Waals surface area contributed by atoms with Crippen molar-refractivity contribution >= 4 is 45.1 Å². The molecule has 4 bridgehead atoms. The van der Waals surface area contributed by atoms with E-state index in [4.69, 9.17) is 21.2 Å². The summed E-state index contributed by atoms with van der Waals surface area (Å²) < 4.78 is 6.04. The number of nitrogens with zero attached hydrogens (tertiary/aromatic N) is 1. The van der Waals surface area contributed by atoms with Crippen LogP contribution in [0.2, 0.25) is 0 Å². The normalized spacial score (nSPS) is 45.0. The Hall–Kier alpha value is -4.32. The van der Waals surface area contributed by atoms with Crippen LogP contribution in [0.1, 0.15) is 141 Å². The number of guanidine groups is 1. The predicted octanol–water partition coefficient (Wildman–Crippen LogP) is 7.13.